The number of hydrogen-bond donors (Lipinski definition) is 1. The van der Waals surface area contributed by atoms with Gasteiger partial charge in [-0.15, -0.1) is 0 Å². The second-order valence-electron chi connectivity index (χ2n) is 5.86. The van der Waals surface area contributed by atoms with Crippen molar-refractivity contribution in [3.63, 3.8) is 0 Å². The molecule has 24 heavy (non-hydrogen) atoms. The van der Waals surface area contributed by atoms with Crippen LogP contribution in [-0.2, 0) is 12.8 Å². The Balaban J connectivity index is 1.74. The van der Waals surface area contributed by atoms with Crippen molar-refractivity contribution >= 4 is 11.3 Å². The van der Waals surface area contributed by atoms with Gasteiger partial charge in [-0.25, -0.2) is 14.0 Å². The summed E-state index contributed by atoms with van der Waals surface area (Å²) in [6.45, 7) is 2.16. The minimum Gasteiger partial charge on any atom is -0.299 e. The van der Waals surface area contributed by atoms with E-state index < -0.39 is 5.56 Å². The number of aromatic nitrogens is 4. The lowest BCUT2D eigenvalue weighted by molar-refractivity contribution is 0.314. The molecule has 1 N–H and O–H groups in total. The highest BCUT2D eigenvalue weighted by molar-refractivity contribution is 5.62. The van der Waals surface area contributed by atoms with Crippen LogP contribution >= 0.6 is 0 Å². The predicted octanol–water partition coefficient (Wildman–Crippen LogP) is 3.16. The van der Waals surface area contributed by atoms with E-state index >= 15 is 0 Å². The normalized spacial score (nSPS) is 11.2. The zero-order chi connectivity index (χ0) is 16.9. The molecular formula is C17H19FN4O2. The Kier molecular flexibility index (Phi) is 4.98. The molecule has 0 fully saturated rings. The van der Waals surface area contributed by atoms with E-state index in [-0.39, 0.29) is 29.2 Å². The number of fused-ring (bicyclic) bond motifs is 1. The third kappa shape index (κ3) is 3.67. The summed E-state index contributed by atoms with van der Waals surface area (Å²) in [5.74, 6) is -0.317. The fourth-order valence-corrected chi connectivity index (χ4v) is 2.64. The lowest BCUT2D eigenvalue weighted by Gasteiger charge is -2.06. The first kappa shape index (κ1) is 16.3. The molecule has 2 heterocycles. The van der Waals surface area contributed by atoms with Crippen molar-refractivity contribution in [2.45, 2.75) is 45.4 Å². The Bertz CT molecular complexity index is 888. The number of rotatable bonds is 7. The summed E-state index contributed by atoms with van der Waals surface area (Å²) in [4.78, 5) is 18.6. The highest BCUT2D eigenvalue weighted by Gasteiger charge is 2.12. The van der Waals surface area contributed by atoms with E-state index in [9.17, 15) is 9.18 Å². The number of hydrogen-bond acceptors (Lipinski definition) is 5. The molecular weight excluding hydrogens is 311 g/mol. The van der Waals surface area contributed by atoms with Crippen molar-refractivity contribution in [1.82, 2.24) is 20.3 Å². The third-order valence-corrected chi connectivity index (χ3v) is 4.00. The third-order valence-electron chi connectivity index (χ3n) is 4.00. The molecule has 0 radical (unpaired) electrons. The molecule has 0 bridgehead atoms. The summed E-state index contributed by atoms with van der Waals surface area (Å²) in [5, 5.41) is 7.11. The lowest BCUT2D eigenvalue weighted by Crippen LogP contribution is -2.16. The topological polar surface area (TPSA) is 84.7 Å². The molecule has 1 aromatic carbocycles. The molecule has 0 saturated carbocycles. The molecule has 3 aromatic rings. The van der Waals surface area contributed by atoms with Crippen LogP contribution in [0, 0.1) is 5.82 Å². The molecule has 6 nitrogen and oxygen atoms in total. The number of nitrogens with zero attached hydrogens (tertiary/aromatic N) is 3. The highest BCUT2D eigenvalue weighted by Crippen LogP contribution is 2.16. The largest absolute Gasteiger partial charge is 0.299 e. The first-order valence-electron chi connectivity index (χ1n) is 8.16. The van der Waals surface area contributed by atoms with Crippen LogP contribution in [0.5, 0.6) is 0 Å². The van der Waals surface area contributed by atoms with Crippen molar-refractivity contribution in [1.29, 1.82) is 0 Å². The Labute approximate surface area is 138 Å². The number of unbranched alkanes of at least 4 members (excludes halogenated alkanes) is 3. The SMILES string of the molecule is CCCCCCc1ccc(Cc2nc3nonc3[nH]c2=O)c(F)c1. The summed E-state index contributed by atoms with van der Waals surface area (Å²) in [6, 6.07) is 5.18. The molecule has 0 amide bonds. The van der Waals surface area contributed by atoms with Gasteiger partial charge in [-0.2, -0.15) is 0 Å². The van der Waals surface area contributed by atoms with Crippen LogP contribution in [0.15, 0.2) is 27.6 Å². The van der Waals surface area contributed by atoms with Crippen molar-refractivity contribution in [2.75, 3.05) is 0 Å². The molecule has 126 valence electrons. The van der Waals surface area contributed by atoms with Gasteiger partial charge in [0.05, 0.1) is 0 Å². The van der Waals surface area contributed by atoms with Gasteiger partial charge in [-0.1, -0.05) is 38.3 Å². The molecule has 0 saturated heterocycles. The smallest absolute Gasteiger partial charge is 0.271 e. The van der Waals surface area contributed by atoms with Gasteiger partial charge in [0, 0.05) is 6.42 Å². The van der Waals surface area contributed by atoms with E-state index in [1.54, 1.807) is 12.1 Å². The summed E-state index contributed by atoms with van der Waals surface area (Å²) in [6.07, 6.45) is 5.57. The predicted molar refractivity (Wildman–Crippen MR) is 87.3 cm³/mol. The van der Waals surface area contributed by atoms with Crippen molar-refractivity contribution in [3.8, 4) is 0 Å². The van der Waals surface area contributed by atoms with Crippen molar-refractivity contribution < 1.29 is 9.02 Å². The van der Waals surface area contributed by atoms with Gasteiger partial charge in [0.25, 0.3) is 5.56 Å². The maximum atomic E-state index is 14.3. The van der Waals surface area contributed by atoms with Crippen LogP contribution in [0.1, 0.15) is 49.4 Å². The standard InChI is InChI=1S/C17H19FN4O2/c1-2-3-4-5-6-11-7-8-12(13(18)9-11)10-14-17(23)20-16-15(19-14)21-24-22-16/h7-9H,2-6,10H2,1H3,(H,20,22,23). The van der Waals surface area contributed by atoms with Crippen LogP contribution in [0.3, 0.4) is 0 Å². The maximum Gasteiger partial charge on any atom is 0.271 e. The second kappa shape index (κ2) is 7.33. The van der Waals surface area contributed by atoms with Crippen LogP contribution in [0.25, 0.3) is 11.3 Å². The Hall–Kier alpha value is -2.57. The van der Waals surface area contributed by atoms with Gasteiger partial charge in [-0.3, -0.25) is 9.78 Å². The average Bonchev–Trinajstić information content (AvgIpc) is 3.01. The van der Waals surface area contributed by atoms with Crippen molar-refractivity contribution in [3.05, 3.63) is 51.2 Å². The Morgan fingerprint density at radius 1 is 1.21 bits per heavy atom. The van der Waals surface area contributed by atoms with Crippen LogP contribution in [-0.4, -0.2) is 20.3 Å². The van der Waals surface area contributed by atoms with Gasteiger partial charge < -0.3 is 0 Å². The van der Waals surface area contributed by atoms with E-state index in [0.717, 1.165) is 24.8 Å². The molecule has 2 aromatic heterocycles. The van der Waals surface area contributed by atoms with E-state index in [0.29, 0.717) is 5.56 Å². The molecule has 0 aliphatic rings. The summed E-state index contributed by atoms with van der Waals surface area (Å²) >= 11 is 0. The summed E-state index contributed by atoms with van der Waals surface area (Å²) in [5.41, 5.74) is 1.57. The monoisotopic (exact) mass is 330 g/mol. The van der Waals surface area contributed by atoms with Crippen molar-refractivity contribution in [2.24, 2.45) is 0 Å². The quantitative estimate of drug-likeness (QED) is 0.673. The van der Waals surface area contributed by atoms with Crippen LogP contribution in [0.4, 0.5) is 4.39 Å². The number of halogens is 1. The molecule has 0 spiro atoms. The molecule has 0 unspecified atom stereocenters. The number of aryl methyl sites for hydroxylation is 1. The average molecular weight is 330 g/mol. The molecule has 0 aliphatic heterocycles. The van der Waals surface area contributed by atoms with E-state index in [1.807, 2.05) is 6.07 Å². The fraction of sp³-hybridized carbons (Fsp3) is 0.412. The van der Waals surface area contributed by atoms with Crippen LogP contribution in [0.2, 0.25) is 0 Å². The van der Waals surface area contributed by atoms with E-state index in [4.69, 9.17) is 0 Å². The van der Waals surface area contributed by atoms with Gasteiger partial charge in [0.2, 0.25) is 11.3 Å². The van der Waals surface area contributed by atoms with Gasteiger partial charge in [0.15, 0.2) is 0 Å². The Morgan fingerprint density at radius 2 is 2.08 bits per heavy atom. The minimum absolute atomic E-state index is 0.0973. The van der Waals surface area contributed by atoms with Gasteiger partial charge in [0.1, 0.15) is 11.5 Å². The van der Waals surface area contributed by atoms with E-state index in [2.05, 4.69) is 31.8 Å². The van der Waals surface area contributed by atoms with Crippen LogP contribution < -0.4 is 5.56 Å². The zero-order valence-electron chi connectivity index (χ0n) is 13.5. The number of aromatic amines is 1. The summed E-state index contributed by atoms with van der Waals surface area (Å²) < 4.78 is 18.8. The minimum atomic E-state index is -0.416. The van der Waals surface area contributed by atoms with Gasteiger partial charge in [-0.05, 0) is 40.3 Å². The van der Waals surface area contributed by atoms with E-state index in [1.165, 1.54) is 12.8 Å². The number of H-pyrrole nitrogens is 1. The number of nitrogens with one attached hydrogen (secondary N) is 1. The first-order valence-corrected chi connectivity index (χ1v) is 8.16. The fourth-order valence-electron chi connectivity index (χ4n) is 2.64. The Morgan fingerprint density at radius 3 is 2.88 bits per heavy atom. The molecule has 3 rings (SSSR count). The first-order chi connectivity index (χ1) is 11.7. The lowest BCUT2D eigenvalue weighted by atomic mass is 10.0. The molecule has 0 atom stereocenters. The molecule has 0 aliphatic carbocycles. The summed E-state index contributed by atoms with van der Waals surface area (Å²) in [7, 11) is 0. The maximum absolute atomic E-state index is 14.3. The van der Waals surface area contributed by atoms with Gasteiger partial charge >= 0.3 is 0 Å². The second-order valence-corrected chi connectivity index (χ2v) is 5.86. The zero-order valence-corrected chi connectivity index (χ0v) is 13.5. The molecule has 7 heteroatoms. The highest BCUT2D eigenvalue weighted by atomic mass is 19.1. The number of benzene rings is 1.